The van der Waals surface area contributed by atoms with Gasteiger partial charge in [0, 0.05) is 4.47 Å². The summed E-state index contributed by atoms with van der Waals surface area (Å²) in [6.07, 6.45) is 0. The van der Waals surface area contributed by atoms with Gasteiger partial charge in [-0.3, -0.25) is 4.72 Å². The Morgan fingerprint density at radius 2 is 2.11 bits per heavy atom. The minimum atomic E-state index is -3.74. The number of aryl methyl sites for hydroxylation is 1. The molecule has 0 aliphatic carbocycles. The number of nitrogen functional groups attached to an aromatic ring is 1. The summed E-state index contributed by atoms with van der Waals surface area (Å²) >= 11 is 4.11. The van der Waals surface area contributed by atoms with E-state index < -0.39 is 10.0 Å². The fraction of sp³-hybridized carbons (Fsp3) is 0.111. The van der Waals surface area contributed by atoms with E-state index in [1.165, 1.54) is 0 Å². The number of hydrogen-bond donors (Lipinski definition) is 2. The molecule has 6 nitrogen and oxygen atoms in total. The summed E-state index contributed by atoms with van der Waals surface area (Å²) in [5, 5.41) is 7.09. The van der Waals surface area contributed by atoms with Crippen LogP contribution in [0.2, 0.25) is 0 Å². The van der Waals surface area contributed by atoms with Crippen LogP contribution in [0, 0.1) is 6.92 Å². The molecule has 96 valence electrons. The Kier molecular flexibility index (Phi) is 3.55. The maximum absolute atomic E-state index is 12.0. The van der Waals surface area contributed by atoms with Crippen LogP contribution in [0.15, 0.2) is 27.0 Å². The fourth-order valence-electron chi connectivity index (χ4n) is 1.22. The van der Waals surface area contributed by atoms with E-state index in [1.54, 1.807) is 12.1 Å². The summed E-state index contributed by atoms with van der Waals surface area (Å²) in [6, 6.07) is 5.28. The number of nitrogens with two attached hydrogens (primary N) is 1. The first kappa shape index (κ1) is 13.2. The van der Waals surface area contributed by atoms with Crippen molar-refractivity contribution in [2.45, 2.75) is 11.3 Å². The van der Waals surface area contributed by atoms with Gasteiger partial charge in [0.15, 0.2) is 0 Å². The molecule has 1 aromatic heterocycles. The third kappa shape index (κ3) is 2.79. The Morgan fingerprint density at radius 3 is 2.67 bits per heavy atom. The normalized spacial score (nSPS) is 11.4. The predicted molar refractivity (Wildman–Crippen MR) is 74.0 cm³/mol. The number of nitrogens with zero attached hydrogens (tertiary/aromatic N) is 2. The molecule has 0 spiro atoms. The molecule has 0 amide bonds. The molecular weight excluding hydrogens is 340 g/mol. The summed E-state index contributed by atoms with van der Waals surface area (Å²) in [4.78, 5) is 0. The molecule has 2 aromatic rings. The van der Waals surface area contributed by atoms with E-state index in [2.05, 4.69) is 30.8 Å². The van der Waals surface area contributed by atoms with E-state index in [1.807, 2.05) is 13.0 Å². The molecule has 1 heterocycles. The lowest BCUT2D eigenvalue weighted by Crippen LogP contribution is -2.13. The monoisotopic (exact) mass is 348 g/mol. The fourth-order valence-corrected chi connectivity index (χ4v) is 3.81. The van der Waals surface area contributed by atoms with E-state index >= 15 is 0 Å². The molecule has 0 saturated carbocycles. The highest BCUT2D eigenvalue weighted by Crippen LogP contribution is 2.27. The average molecular weight is 349 g/mol. The smallest absolute Gasteiger partial charge is 0.291 e. The van der Waals surface area contributed by atoms with Gasteiger partial charge in [-0.05, 0) is 40.5 Å². The van der Waals surface area contributed by atoms with Crippen LogP contribution in [0.3, 0.4) is 0 Å². The molecule has 9 heteroatoms. The van der Waals surface area contributed by atoms with Gasteiger partial charge in [-0.15, -0.1) is 10.2 Å². The van der Waals surface area contributed by atoms with Gasteiger partial charge in [0.05, 0.1) is 5.69 Å². The van der Waals surface area contributed by atoms with Crippen molar-refractivity contribution >= 4 is 48.1 Å². The first-order valence-corrected chi connectivity index (χ1v) is 7.86. The summed E-state index contributed by atoms with van der Waals surface area (Å²) in [7, 11) is -3.74. The van der Waals surface area contributed by atoms with Gasteiger partial charge in [0.1, 0.15) is 0 Å². The summed E-state index contributed by atoms with van der Waals surface area (Å²) in [5.74, 6) is 0. The van der Waals surface area contributed by atoms with Gasteiger partial charge in [0.25, 0.3) is 14.4 Å². The van der Waals surface area contributed by atoms with Crippen LogP contribution in [0.1, 0.15) is 5.56 Å². The summed E-state index contributed by atoms with van der Waals surface area (Å²) in [6.45, 7) is 1.91. The van der Waals surface area contributed by atoms with Crippen molar-refractivity contribution in [2.75, 3.05) is 10.5 Å². The summed E-state index contributed by atoms with van der Waals surface area (Å²) in [5.41, 5.74) is 6.82. The van der Waals surface area contributed by atoms with Gasteiger partial charge >= 0.3 is 0 Å². The highest BCUT2D eigenvalue weighted by atomic mass is 79.9. The van der Waals surface area contributed by atoms with Crippen LogP contribution >= 0.6 is 27.3 Å². The average Bonchev–Trinajstić information content (AvgIpc) is 2.70. The van der Waals surface area contributed by atoms with Crippen molar-refractivity contribution < 1.29 is 8.42 Å². The number of benzene rings is 1. The zero-order valence-corrected chi connectivity index (χ0v) is 12.4. The van der Waals surface area contributed by atoms with E-state index in [9.17, 15) is 8.42 Å². The van der Waals surface area contributed by atoms with Gasteiger partial charge in [-0.2, -0.15) is 8.42 Å². The second kappa shape index (κ2) is 4.82. The number of aromatic nitrogens is 2. The van der Waals surface area contributed by atoms with Gasteiger partial charge in [-0.1, -0.05) is 17.4 Å². The van der Waals surface area contributed by atoms with Crippen LogP contribution in [0.4, 0.5) is 10.8 Å². The molecule has 0 aliphatic rings. The molecule has 18 heavy (non-hydrogen) atoms. The number of halogens is 1. The SMILES string of the molecule is Cc1ccc(NS(=O)(=O)c2nnc(N)s2)c(Br)c1. The Hall–Kier alpha value is -1.19. The Bertz CT molecular complexity index is 684. The summed E-state index contributed by atoms with van der Waals surface area (Å²) < 4.78 is 26.9. The van der Waals surface area contributed by atoms with Crippen molar-refractivity contribution in [3.8, 4) is 0 Å². The Balaban J connectivity index is 2.33. The lowest BCUT2D eigenvalue weighted by atomic mass is 10.2. The predicted octanol–water partition coefficient (Wildman–Crippen LogP) is 1.99. The zero-order chi connectivity index (χ0) is 13.3. The molecule has 3 N–H and O–H groups in total. The van der Waals surface area contributed by atoms with Gasteiger partial charge < -0.3 is 5.73 Å². The van der Waals surface area contributed by atoms with Crippen molar-refractivity contribution in [1.82, 2.24) is 10.2 Å². The standard InChI is InChI=1S/C9H9BrN4O2S2/c1-5-2-3-7(6(10)4-5)14-18(15,16)9-13-12-8(11)17-9/h2-4,14H,1H3,(H2,11,12). The molecule has 0 bridgehead atoms. The first-order chi connectivity index (χ1) is 8.38. The lowest BCUT2D eigenvalue weighted by molar-refractivity contribution is 0.599. The minimum Gasteiger partial charge on any atom is -0.374 e. The van der Waals surface area contributed by atoms with Crippen LogP contribution in [-0.4, -0.2) is 18.6 Å². The molecule has 0 radical (unpaired) electrons. The zero-order valence-electron chi connectivity index (χ0n) is 9.21. The van der Waals surface area contributed by atoms with Crippen LogP contribution in [0.5, 0.6) is 0 Å². The molecular formula is C9H9BrN4O2S2. The number of hydrogen-bond acceptors (Lipinski definition) is 6. The third-order valence-corrected chi connectivity index (χ3v) is 5.16. The van der Waals surface area contributed by atoms with Crippen molar-refractivity contribution in [1.29, 1.82) is 0 Å². The molecule has 2 rings (SSSR count). The topological polar surface area (TPSA) is 98.0 Å². The van der Waals surface area contributed by atoms with Crippen LogP contribution in [0.25, 0.3) is 0 Å². The number of rotatable bonds is 3. The molecule has 0 saturated heterocycles. The van der Waals surface area contributed by atoms with Crippen molar-refractivity contribution in [2.24, 2.45) is 0 Å². The lowest BCUT2D eigenvalue weighted by Gasteiger charge is -2.07. The maximum Gasteiger partial charge on any atom is 0.291 e. The third-order valence-electron chi connectivity index (χ3n) is 2.02. The molecule has 0 fully saturated rings. The van der Waals surface area contributed by atoms with Gasteiger partial charge in [0.2, 0.25) is 5.13 Å². The second-order valence-corrected chi connectivity index (χ2v) is 7.21. The van der Waals surface area contributed by atoms with E-state index in [0.29, 0.717) is 10.2 Å². The molecule has 0 atom stereocenters. The number of sulfonamides is 1. The highest BCUT2D eigenvalue weighted by molar-refractivity contribution is 9.10. The number of anilines is 2. The molecule has 0 unspecified atom stereocenters. The van der Waals surface area contributed by atoms with Crippen molar-refractivity contribution in [3.05, 3.63) is 28.2 Å². The van der Waals surface area contributed by atoms with E-state index in [-0.39, 0.29) is 9.47 Å². The largest absolute Gasteiger partial charge is 0.374 e. The molecule has 1 aromatic carbocycles. The van der Waals surface area contributed by atoms with E-state index in [0.717, 1.165) is 16.9 Å². The van der Waals surface area contributed by atoms with Crippen molar-refractivity contribution in [3.63, 3.8) is 0 Å². The molecule has 0 aliphatic heterocycles. The highest BCUT2D eigenvalue weighted by Gasteiger charge is 2.20. The van der Waals surface area contributed by atoms with Gasteiger partial charge in [-0.25, -0.2) is 0 Å². The van der Waals surface area contributed by atoms with E-state index in [4.69, 9.17) is 5.73 Å². The van der Waals surface area contributed by atoms with Crippen LogP contribution < -0.4 is 10.5 Å². The Morgan fingerprint density at radius 1 is 1.39 bits per heavy atom. The Labute approximate surface area is 116 Å². The maximum atomic E-state index is 12.0. The van der Waals surface area contributed by atoms with Crippen LogP contribution in [-0.2, 0) is 10.0 Å². The second-order valence-electron chi connectivity index (χ2n) is 3.50. The minimum absolute atomic E-state index is 0.110. The number of nitrogens with one attached hydrogen (secondary N) is 1. The first-order valence-electron chi connectivity index (χ1n) is 4.76. The quantitative estimate of drug-likeness (QED) is 0.883.